The summed E-state index contributed by atoms with van der Waals surface area (Å²) in [4.78, 5) is 0. The number of hydrogen-bond donors (Lipinski definition) is 0. The van der Waals surface area contributed by atoms with E-state index in [1.165, 1.54) is 25.1 Å². The lowest BCUT2D eigenvalue weighted by Gasteiger charge is -2.07. The average Bonchev–Trinajstić information content (AvgIpc) is 2.78. The number of benzene rings is 2. The van der Waals surface area contributed by atoms with Crippen LogP contribution >= 0.6 is 34.8 Å². The first-order valence-corrected chi connectivity index (χ1v) is 9.62. The minimum absolute atomic E-state index is 0. The van der Waals surface area contributed by atoms with Crippen LogP contribution in [-0.2, 0) is 13.0 Å². The van der Waals surface area contributed by atoms with E-state index in [4.69, 9.17) is 34.8 Å². The van der Waals surface area contributed by atoms with Gasteiger partial charge in [-0.3, -0.25) is 0 Å². The normalized spacial score (nSPS) is 13.7. The molecule has 0 spiro atoms. The van der Waals surface area contributed by atoms with E-state index in [0.717, 1.165) is 34.9 Å². The van der Waals surface area contributed by atoms with Gasteiger partial charge in [-0.1, -0.05) is 34.8 Å². The summed E-state index contributed by atoms with van der Waals surface area (Å²) < 4.78 is 4.67. The molecule has 2 aromatic carbocycles. The summed E-state index contributed by atoms with van der Waals surface area (Å²) in [6.45, 7) is 1.04. The first-order chi connectivity index (χ1) is 12.1. The van der Waals surface area contributed by atoms with Crippen LogP contribution in [0.3, 0.4) is 0 Å². The molecule has 0 amide bonds. The summed E-state index contributed by atoms with van der Waals surface area (Å²) in [6.07, 6.45) is 6.93. The third-order valence-corrected chi connectivity index (χ3v) is 5.50. The van der Waals surface area contributed by atoms with Crippen molar-refractivity contribution in [3.8, 4) is 16.9 Å². The molecule has 2 heterocycles. The molecule has 0 bridgehead atoms. The molecule has 0 radical (unpaired) electrons. The molecule has 1 aliphatic heterocycles. The van der Waals surface area contributed by atoms with Crippen LogP contribution in [-0.4, -0.2) is 4.57 Å². The Bertz CT molecular complexity index is 920. The Morgan fingerprint density at radius 3 is 2.31 bits per heavy atom. The highest BCUT2D eigenvalue weighted by Crippen LogP contribution is 2.33. The van der Waals surface area contributed by atoms with Gasteiger partial charge >= 0.3 is 0 Å². The topological polar surface area (TPSA) is 8.81 Å². The van der Waals surface area contributed by atoms with Gasteiger partial charge in [0, 0.05) is 22.0 Å². The molecule has 26 heavy (non-hydrogen) atoms. The zero-order chi connectivity index (χ0) is 17.4. The molecule has 2 nitrogen and oxygen atoms in total. The van der Waals surface area contributed by atoms with Crippen LogP contribution in [0.2, 0.25) is 15.1 Å². The second-order valence-corrected chi connectivity index (χ2v) is 7.65. The highest BCUT2D eigenvalue weighted by Gasteiger charge is 2.28. The van der Waals surface area contributed by atoms with E-state index in [0.29, 0.717) is 10.0 Å². The molecule has 0 unspecified atom stereocenters. The van der Waals surface area contributed by atoms with Crippen LogP contribution in [0.15, 0.2) is 48.7 Å². The molecule has 0 aliphatic carbocycles. The molecule has 0 saturated heterocycles. The lowest BCUT2D eigenvalue weighted by atomic mass is 10.1. The van der Waals surface area contributed by atoms with Gasteiger partial charge in [0.25, 0.3) is 5.82 Å². The maximum Gasteiger partial charge on any atom is 0.262 e. The van der Waals surface area contributed by atoms with Crippen molar-refractivity contribution in [1.29, 1.82) is 0 Å². The van der Waals surface area contributed by atoms with E-state index < -0.39 is 0 Å². The fraction of sp³-hybridized carbons (Fsp3) is 0.250. The number of imidazole rings is 1. The Kier molecular flexibility index (Phi) is 6.34. The molecular weight excluding hydrogens is 454 g/mol. The van der Waals surface area contributed by atoms with Gasteiger partial charge in [-0.25, -0.2) is 4.57 Å². The molecular formula is C20H18BrCl3N2. The molecule has 4 rings (SSSR count). The van der Waals surface area contributed by atoms with Gasteiger partial charge in [0.1, 0.15) is 11.9 Å². The van der Waals surface area contributed by atoms with Gasteiger partial charge in [-0.05, 0) is 61.7 Å². The Hall–Kier alpha value is -1.00. The lowest BCUT2D eigenvalue weighted by molar-refractivity contribution is -0.702. The van der Waals surface area contributed by atoms with E-state index in [-0.39, 0.29) is 17.0 Å². The summed E-state index contributed by atoms with van der Waals surface area (Å²) >= 11 is 18.7. The standard InChI is InChI=1S/C20H18Cl3N2.BrH/c21-14-5-8-16(9-6-14)25-19(17-10-7-15(22)12-18(17)23)13-24-11-3-1-2-4-20(24)25;/h5-10,12-13H,1-4,11H2;1H/q+1;/p-1. The SMILES string of the molecule is Clc1ccc(-n2c(-c3ccc(Cl)cc3Cl)c[n+]3c2CCCCC3)cc1.[Br-]. The zero-order valence-corrected chi connectivity index (χ0v) is 17.9. The number of aryl methyl sites for hydroxylation is 1. The maximum absolute atomic E-state index is 6.52. The summed E-state index contributed by atoms with van der Waals surface area (Å²) in [5, 5.41) is 2.05. The minimum atomic E-state index is 0. The van der Waals surface area contributed by atoms with E-state index in [9.17, 15) is 0 Å². The number of rotatable bonds is 2. The third kappa shape index (κ3) is 3.82. The first kappa shape index (κ1) is 19.8. The van der Waals surface area contributed by atoms with Crippen LogP contribution in [0.25, 0.3) is 16.9 Å². The van der Waals surface area contributed by atoms with Gasteiger partial charge in [0.05, 0.1) is 11.6 Å². The van der Waals surface area contributed by atoms with Crippen molar-refractivity contribution < 1.29 is 21.5 Å². The van der Waals surface area contributed by atoms with Crippen LogP contribution in [0.1, 0.15) is 25.1 Å². The van der Waals surface area contributed by atoms with Crippen molar-refractivity contribution in [2.24, 2.45) is 0 Å². The summed E-state index contributed by atoms with van der Waals surface area (Å²) in [5.41, 5.74) is 3.17. The highest BCUT2D eigenvalue weighted by molar-refractivity contribution is 6.36. The predicted octanol–water partition coefficient (Wildman–Crippen LogP) is 3.12. The van der Waals surface area contributed by atoms with Gasteiger partial charge in [0.2, 0.25) is 0 Å². The summed E-state index contributed by atoms with van der Waals surface area (Å²) in [6, 6.07) is 13.6. The third-order valence-electron chi connectivity index (χ3n) is 4.70. The Morgan fingerprint density at radius 2 is 1.58 bits per heavy atom. The molecule has 0 atom stereocenters. The lowest BCUT2D eigenvalue weighted by Crippen LogP contribution is -3.00. The largest absolute Gasteiger partial charge is 1.00 e. The number of hydrogen-bond acceptors (Lipinski definition) is 0. The van der Waals surface area contributed by atoms with E-state index >= 15 is 0 Å². The number of fused-ring (bicyclic) bond motifs is 1. The van der Waals surface area contributed by atoms with Crippen molar-refractivity contribution >= 4 is 34.8 Å². The Balaban J connectivity index is 0.00000196. The van der Waals surface area contributed by atoms with E-state index in [2.05, 4.69) is 27.5 Å². The predicted molar refractivity (Wildman–Crippen MR) is 104 cm³/mol. The maximum atomic E-state index is 6.52. The fourth-order valence-electron chi connectivity index (χ4n) is 3.50. The Morgan fingerprint density at radius 1 is 0.846 bits per heavy atom. The monoisotopic (exact) mass is 470 g/mol. The van der Waals surface area contributed by atoms with Crippen LogP contribution in [0.4, 0.5) is 0 Å². The quantitative estimate of drug-likeness (QED) is 0.507. The van der Waals surface area contributed by atoms with Gasteiger partial charge in [0.15, 0.2) is 5.69 Å². The van der Waals surface area contributed by atoms with Crippen molar-refractivity contribution in [3.63, 3.8) is 0 Å². The second-order valence-electron chi connectivity index (χ2n) is 6.37. The van der Waals surface area contributed by atoms with E-state index in [1.54, 1.807) is 6.07 Å². The van der Waals surface area contributed by atoms with Crippen LogP contribution in [0.5, 0.6) is 0 Å². The van der Waals surface area contributed by atoms with Crippen molar-refractivity contribution in [2.75, 3.05) is 0 Å². The number of halogens is 4. The molecule has 1 aromatic heterocycles. The van der Waals surface area contributed by atoms with Gasteiger partial charge in [-0.15, -0.1) is 0 Å². The summed E-state index contributed by atoms with van der Waals surface area (Å²) in [5.74, 6) is 1.31. The molecule has 1 aliphatic rings. The highest BCUT2D eigenvalue weighted by atomic mass is 79.9. The van der Waals surface area contributed by atoms with Crippen molar-refractivity contribution in [1.82, 2.24) is 4.57 Å². The molecule has 6 heteroatoms. The number of aromatic nitrogens is 2. The molecule has 0 N–H and O–H groups in total. The van der Waals surface area contributed by atoms with Gasteiger partial charge < -0.3 is 17.0 Å². The van der Waals surface area contributed by atoms with Crippen molar-refractivity contribution in [3.05, 3.63) is 69.6 Å². The minimum Gasteiger partial charge on any atom is -1.00 e. The smallest absolute Gasteiger partial charge is 0.262 e. The van der Waals surface area contributed by atoms with Gasteiger partial charge in [-0.2, -0.15) is 4.57 Å². The Labute approximate surface area is 179 Å². The molecule has 0 saturated carbocycles. The van der Waals surface area contributed by atoms with Crippen molar-refractivity contribution in [2.45, 2.75) is 32.2 Å². The molecule has 3 aromatic rings. The fourth-order valence-corrected chi connectivity index (χ4v) is 4.14. The van der Waals surface area contributed by atoms with Crippen LogP contribution in [0, 0.1) is 0 Å². The molecule has 0 fully saturated rings. The molecule has 136 valence electrons. The summed E-state index contributed by atoms with van der Waals surface area (Å²) in [7, 11) is 0. The van der Waals surface area contributed by atoms with Crippen LogP contribution < -0.4 is 21.5 Å². The average molecular weight is 473 g/mol. The number of nitrogens with zero attached hydrogens (tertiary/aromatic N) is 2. The zero-order valence-electron chi connectivity index (χ0n) is 14.1. The van der Waals surface area contributed by atoms with E-state index in [1.807, 2.05) is 24.3 Å². The second kappa shape index (κ2) is 8.35. The first-order valence-electron chi connectivity index (χ1n) is 8.49.